The summed E-state index contributed by atoms with van der Waals surface area (Å²) < 4.78 is 2.12. The number of aromatic nitrogens is 3. The number of aryl methyl sites for hydroxylation is 3. The van der Waals surface area contributed by atoms with Crippen LogP contribution in [0, 0.1) is 13.8 Å². The minimum Gasteiger partial charge on any atom is -0.326 e. The van der Waals surface area contributed by atoms with Gasteiger partial charge >= 0.3 is 0 Å². The maximum atomic E-state index is 5.68. The number of thiazole rings is 1. The number of fused-ring (bicyclic) bond motifs is 1. The van der Waals surface area contributed by atoms with Gasteiger partial charge in [-0.1, -0.05) is 6.07 Å². The molecule has 98 valence electrons. The molecule has 0 aliphatic carbocycles. The molecule has 3 aromatic rings. The second-order valence-electron chi connectivity index (χ2n) is 4.67. The SMILES string of the molecule is Cc1nc(C)c(-c2nc3cc(CN)ccc3n2C)s1. The third kappa shape index (κ3) is 1.95. The molecule has 1 aromatic carbocycles. The molecule has 0 aliphatic rings. The summed E-state index contributed by atoms with van der Waals surface area (Å²) in [6, 6.07) is 6.19. The largest absolute Gasteiger partial charge is 0.326 e. The Hall–Kier alpha value is -1.72. The lowest BCUT2D eigenvalue weighted by atomic mass is 10.2. The number of hydrogen-bond donors (Lipinski definition) is 1. The fraction of sp³-hybridized carbons (Fsp3) is 0.286. The highest BCUT2D eigenvalue weighted by Crippen LogP contribution is 2.31. The monoisotopic (exact) mass is 272 g/mol. The smallest absolute Gasteiger partial charge is 0.152 e. The normalized spacial score (nSPS) is 11.4. The lowest BCUT2D eigenvalue weighted by Crippen LogP contribution is -1.95. The lowest BCUT2D eigenvalue weighted by Gasteiger charge is -2.00. The Morgan fingerprint density at radius 1 is 1.26 bits per heavy atom. The molecular weight excluding hydrogens is 256 g/mol. The van der Waals surface area contributed by atoms with E-state index in [1.165, 1.54) is 0 Å². The van der Waals surface area contributed by atoms with Crippen LogP contribution in [0.4, 0.5) is 0 Å². The molecule has 2 aromatic heterocycles. The van der Waals surface area contributed by atoms with E-state index in [9.17, 15) is 0 Å². The fourth-order valence-electron chi connectivity index (χ4n) is 2.31. The first-order chi connectivity index (χ1) is 9.10. The summed E-state index contributed by atoms with van der Waals surface area (Å²) in [5.74, 6) is 0.979. The van der Waals surface area contributed by atoms with Crippen LogP contribution >= 0.6 is 11.3 Å². The number of nitrogens with two attached hydrogens (primary N) is 1. The van der Waals surface area contributed by atoms with E-state index in [0.29, 0.717) is 6.54 Å². The van der Waals surface area contributed by atoms with Crippen molar-refractivity contribution in [3.8, 4) is 10.7 Å². The molecule has 2 heterocycles. The predicted molar refractivity (Wildman–Crippen MR) is 79.2 cm³/mol. The van der Waals surface area contributed by atoms with Crippen LogP contribution in [-0.2, 0) is 13.6 Å². The molecular formula is C14H16N4S. The van der Waals surface area contributed by atoms with Gasteiger partial charge in [0, 0.05) is 13.6 Å². The minimum absolute atomic E-state index is 0.542. The summed E-state index contributed by atoms with van der Waals surface area (Å²) in [5, 5.41) is 1.07. The Kier molecular flexibility index (Phi) is 2.88. The van der Waals surface area contributed by atoms with Gasteiger partial charge in [0.1, 0.15) is 0 Å². The van der Waals surface area contributed by atoms with Gasteiger partial charge in [-0.25, -0.2) is 9.97 Å². The number of hydrogen-bond acceptors (Lipinski definition) is 4. The zero-order chi connectivity index (χ0) is 13.6. The number of nitrogens with zero attached hydrogens (tertiary/aromatic N) is 3. The Morgan fingerprint density at radius 3 is 2.68 bits per heavy atom. The molecule has 5 heteroatoms. The van der Waals surface area contributed by atoms with E-state index >= 15 is 0 Å². The number of rotatable bonds is 2. The Balaban J connectivity index is 2.24. The molecule has 0 atom stereocenters. The third-order valence-electron chi connectivity index (χ3n) is 3.29. The van der Waals surface area contributed by atoms with Crippen LogP contribution < -0.4 is 5.73 Å². The van der Waals surface area contributed by atoms with E-state index in [-0.39, 0.29) is 0 Å². The van der Waals surface area contributed by atoms with Gasteiger partial charge in [0.15, 0.2) is 5.82 Å². The zero-order valence-corrected chi connectivity index (χ0v) is 12.1. The van der Waals surface area contributed by atoms with E-state index in [1.807, 2.05) is 20.9 Å². The second-order valence-corrected chi connectivity index (χ2v) is 5.87. The first kappa shape index (κ1) is 12.3. The standard InChI is InChI=1S/C14H16N4S/c1-8-13(19-9(2)16-8)14-17-11-6-10(7-15)4-5-12(11)18(14)3/h4-6H,7,15H2,1-3H3. The summed E-state index contributed by atoms with van der Waals surface area (Å²) in [5.41, 5.74) is 9.94. The highest BCUT2D eigenvalue weighted by molar-refractivity contribution is 7.15. The number of imidazole rings is 1. The summed E-state index contributed by atoms with van der Waals surface area (Å²) in [4.78, 5) is 10.4. The summed E-state index contributed by atoms with van der Waals surface area (Å²) in [7, 11) is 2.04. The molecule has 0 unspecified atom stereocenters. The van der Waals surface area contributed by atoms with Gasteiger partial charge < -0.3 is 10.3 Å². The molecule has 3 rings (SSSR count). The van der Waals surface area contributed by atoms with Crippen molar-refractivity contribution < 1.29 is 0 Å². The average molecular weight is 272 g/mol. The average Bonchev–Trinajstić information content (AvgIpc) is 2.89. The van der Waals surface area contributed by atoms with Crippen molar-refractivity contribution in [3.05, 3.63) is 34.5 Å². The first-order valence-corrected chi connectivity index (χ1v) is 7.01. The molecule has 0 fully saturated rings. The van der Waals surface area contributed by atoms with Gasteiger partial charge in [-0.3, -0.25) is 0 Å². The Labute approximate surface area is 115 Å². The van der Waals surface area contributed by atoms with E-state index < -0.39 is 0 Å². The van der Waals surface area contributed by atoms with Crippen molar-refractivity contribution in [3.63, 3.8) is 0 Å². The van der Waals surface area contributed by atoms with Crippen molar-refractivity contribution in [2.45, 2.75) is 20.4 Å². The maximum Gasteiger partial charge on any atom is 0.152 e. The van der Waals surface area contributed by atoms with Crippen molar-refractivity contribution in [2.75, 3.05) is 0 Å². The summed E-state index contributed by atoms with van der Waals surface area (Å²) >= 11 is 1.69. The topological polar surface area (TPSA) is 56.7 Å². The highest BCUT2D eigenvalue weighted by Gasteiger charge is 2.15. The lowest BCUT2D eigenvalue weighted by molar-refractivity contribution is 0.959. The molecule has 0 saturated heterocycles. The quantitative estimate of drug-likeness (QED) is 0.780. The van der Waals surface area contributed by atoms with Crippen molar-refractivity contribution >= 4 is 22.4 Å². The molecule has 19 heavy (non-hydrogen) atoms. The molecule has 0 amide bonds. The zero-order valence-electron chi connectivity index (χ0n) is 11.3. The van der Waals surface area contributed by atoms with Crippen molar-refractivity contribution in [1.29, 1.82) is 0 Å². The van der Waals surface area contributed by atoms with Gasteiger partial charge in [0.05, 0.1) is 26.6 Å². The third-order valence-corrected chi connectivity index (χ3v) is 4.36. The number of benzene rings is 1. The van der Waals surface area contributed by atoms with E-state index in [4.69, 9.17) is 10.7 Å². The van der Waals surface area contributed by atoms with Gasteiger partial charge in [-0.15, -0.1) is 11.3 Å². The van der Waals surface area contributed by atoms with E-state index in [0.717, 1.165) is 38.0 Å². The van der Waals surface area contributed by atoms with Crippen LogP contribution in [0.2, 0.25) is 0 Å². The fourth-order valence-corrected chi connectivity index (χ4v) is 3.26. The molecule has 0 saturated carbocycles. The van der Waals surface area contributed by atoms with Crippen molar-refractivity contribution in [2.24, 2.45) is 12.8 Å². The van der Waals surface area contributed by atoms with Crippen molar-refractivity contribution in [1.82, 2.24) is 14.5 Å². The highest BCUT2D eigenvalue weighted by atomic mass is 32.1. The van der Waals surface area contributed by atoms with E-state index in [2.05, 4.69) is 27.8 Å². The molecule has 4 nitrogen and oxygen atoms in total. The molecule has 0 aliphatic heterocycles. The Bertz CT molecular complexity index is 754. The first-order valence-electron chi connectivity index (χ1n) is 6.20. The van der Waals surface area contributed by atoms with Crippen LogP contribution in [0.1, 0.15) is 16.3 Å². The Morgan fingerprint density at radius 2 is 2.05 bits per heavy atom. The summed E-state index contributed by atoms with van der Waals surface area (Å²) in [6.07, 6.45) is 0. The molecule has 2 N–H and O–H groups in total. The maximum absolute atomic E-state index is 5.68. The van der Waals surface area contributed by atoms with Crippen LogP contribution in [0.3, 0.4) is 0 Å². The van der Waals surface area contributed by atoms with Gasteiger partial charge in [0.25, 0.3) is 0 Å². The van der Waals surface area contributed by atoms with Gasteiger partial charge in [-0.2, -0.15) is 0 Å². The molecule has 0 radical (unpaired) electrons. The molecule has 0 bridgehead atoms. The summed E-state index contributed by atoms with van der Waals surface area (Å²) in [6.45, 7) is 4.60. The minimum atomic E-state index is 0.542. The van der Waals surface area contributed by atoms with Crippen LogP contribution in [-0.4, -0.2) is 14.5 Å². The van der Waals surface area contributed by atoms with Gasteiger partial charge in [-0.05, 0) is 31.5 Å². The van der Waals surface area contributed by atoms with Gasteiger partial charge in [0.2, 0.25) is 0 Å². The van der Waals surface area contributed by atoms with E-state index in [1.54, 1.807) is 11.3 Å². The molecule has 0 spiro atoms. The predicted octanol–water partition coefficient (Wildman–Crippen LogP) is 2.77. The van der Waals surface area contributed by atoms with Crippen LogP contribution in [0.25, 0.3) is 21.7 Å². The van der Waals surface area contributed by atoms with Crippen LogP contribution in [0.5, 0.6) is 0 Å². The van der Waals surface area contributed by atoms with Crippen LogP contribution in [0.15, 0.2) is 18.2 Å². The second kappa shape index (κ2) is 4.43.